The minimum absolute atomic E-state index is 0.821. The standard InChI is InChI=1S/C11H11N3O/c1-12-11-10-9(13-14(11)2)7-5-3-4-6-8(7)15-10/h3-6,12H,1-2H3. The molecule has 0 aliphatic carbocycles. The molecule has 4 nitrogen and oxygen atoms in total. The van der Waals surface area contributed by atoms with Crippen LogP contribution in [-0.4, -0.2) is 16.8 Å². The third-order valence-corrected chi connectivity index (χ3v) is 2.59. The summed E-state index contributed by atoms with van der Waals surface area (Å²) in [5.74, 6) is 0.904. The molecule has 3 rings (SSSR count). The zero-order valence-electron chi connectivity index (χ0n) is 8.61. The Morgan fingerprint density at radius 3 is 2.93 bits per heavy atom. The van der Waals surface area contributed by atoms with Crippen molar-refractivity contribution in [2.75, 3.05) is 12.4 Å². The Morgan fingerprint density at radius 1 is 1.33 bits per heavy atom. The summed E-state index contributed by atoms with van der Waals surface area (Å²) in [5.41, 5.74) is 2.62. The van der Waals surface area contributed by atoms with Gasteiger partial charge in [-0.3, -0.25) is 0 Å². The smallest absolute Gasteiger partial charge is 0.197 e. The van der Waals surface area contributed by atoms with E-state index < -0.39 is 0 Å². The molecule has 0 fully saturated rings. The van der Waals surface area contributed by atoms with Gasteiger partial charge in [0.2, 0.25) is 0 Å². The maximum absolute atomic E-state index is 5.75. The molecule has 0 saturated carbocycles. The quantitative estimate of drug-likeness (QED) is 0.657. The second-order valence-corrected chi connectivity index (χ2v) is 3.50. The number of furan rings is 1. The second kappa shape index (κ2) is 2.76. The lowest BCUT2D eigenvalue weighted by Gasteiger charge is -1.97. The highest BCUT2D eigenvalue weighted by Crippen LogP contribution is 2.31. The van der Waals surface area contributed by atoms with E-state index in [1.165, 1.54) is 0 Å². The molecule has 0 amide bonds. The number of nitrogens with one attached hydrogen (secondary N) is 1. The fourth-order valence-corrected chi connectivity index (χ4v) is 1.91. The number of nitrogens with zero attached hydrogens (tertiary/aromatic N) is 2. The second-order valence-electron chi connectivity index (χ2n) is 3.50. The van der Waals surface area contributed by atoms with Crippen molar-refractivity contribution in [3.63, 3.8) is 0 Å². The van der Waals surface area contributed by atoms with E-state index in [-0.39, 0.29) is 0 Å². The van der Waals surface area contributed by atoms with Crippen LogP contribution in [0.1, 0.15) is 0 Å². The van der Waals surface area contributed by atoms with Crippen LogP contribution in [0.3, 0.4) is 0 Å². The summed E-state index contributed by atoms with van der Waals surface area (Å²) in [7, 11) is 3.76. The fraction of sp³-hybridized carbons (Fsp3) is 0.182. The molecule has 0 unspecified atom stereocenters. The zero-order chi connectivity index (χ0) is 10.4. The van der Waals surface area contributed by atoms with Crippen LogP contribution in [-0.2, 0) is 7.05 Å². The first-order chi connectivity index (χ1) is 7.31. The van der Waals surface area contributed by atoms with Crippen LogP contribution in [0, 0.1) is 0 Å². The van der Waals surface area contributed by atoms with E-state index in [1.807, 2.05) is 38.4 Å². The van der Waals surface area contributed by atoms with Crippen molar-refractivity contribution in [1.82, 2.24) is 9.78 Å². The Hall–Kier alpha value is -1.97. The number of aryl methyl sites for hydroxylation is 1. The minimum Gasteiger partial charge on any atom is -0.450 e. The van der Waals surface area contributed by atoms with Gasteiger partial charge < -0.3 is 9.73 Å². The molecule has 0 radical (unpaired) electrons. The van der Waals surface area contributed by atoms with Gasteiger partial charge in [-0.05, 0) is 12.1 Å². The molecule has 2 aromatic heterocycles. The van der Waals surface area contributed by atoms with Crippen LogP contribution in [0.5, 0.6) is 0 Å². The first kappa shape index (κ1) is 8.35. The predicted molar refractivity (Wildman–Crippen MR) is 60.0 cm³/mol. The minimum atomic E-state index is 0.821. The van der Waals surface area contributed by atoms with Crippen LogP contribution < -0.4 is 5.32 Å². The number of rotatable bonds is 1. The molecule has 0 bridgehead atoms. The largest absolute Gasteiger partial charge is 0.450 e. The van der Waals surface area contributed by atoms with E-state index in [4.69, 9.17) is 4.42 Å². The van der Waals surface area contributed by atoms with E-state index in [0.29, 0.717) is 0 Å². The number of benzene rings is 1. The molecule has 0 aliphatic rings. The Bertz CT molecular complexity index is 636. The van der Waals surface area contributed by atoms with Gasteiger partial charge in [0.25, 0.3) is 0 Å². The van der Waals surface area contributed by atoms with E-state index in [2.05, 4.69) is 10.4 Å². The average molecular weight is 201 g/mol. The average Bonchev–Trinajstić information content (AvgIpc) is 2.72. The van der Waals surface area contributed by atoms with Gasteiger partial charge >= 0.3 is 0 Å². The van der Waals surface area contributed by atoms with Crippen molar-refractivity contribution in [2.45, 2.75) is 0 Å². The molecule has 76 valence electrons. The van der Waals surface area contributed by atoms with Gasteiger partial charge in [0, 0.05) is 19.5 Å². The molecule has 0 atom stereocenters. The highest BCUT2D eigenvalue weighted by molar-refractivity contribution is 6.06. The van der Waals surface area contributed by atoms with E-state index in [1.54, 1.807) is 4.68 Å². The van der Waals surface area contributed by atoms with E-state index in [0.717, 1.165) is 27.9 Å². The molecule has 1 aromatic carbocycles. The number of hydrogen-bond donors (Lipinski definition) is 1. The van der Waals surface area contributed by atoms with Crippen molar-refractivity contribution in [2.24, 2.45) is 7.05 Å². The maximum atomic E-state index is 5.75. The number of anilines is 1. The SMILES string of the molecule is CNc1c2oc3ccccc3c2nn1C. The van der Waals surface area contributed by atoms with Gasteiger partial charge in [0.15, 0.2) is 11.4 Å². The lowest BCUT2D eigenvalue weighted by molar-refractivity contribution is 0.666. The summed E-state index contributed by atoms with van der Waals surface area (Å²) in [5, 5.41) is 8.58. The zero-order valence-corrected chi connectivity index (χ0v) is 8.61. The molecule has 3 aromatic rings. The topological polar surface area (TPSA) is 43.0 Å². The van der Waals surface area contributed by atoms with Crippen molar-refractivity contribution in [3.8, 4) is 0 Å². The van der Waals surface area contributed by atoms with Crippen LogP contribution in [0.25, 0.3) is 22.1 Å². The van der Waals surface area contributed by atoms with Crippen LogP contribution >= 0.6 is 0 Å². The monoisotopic (exact) mass is 201 g/mol. The summed E-state index contributed by atoms with van der Waals surface area (Å²) in [6, 6.07) is 7.93. The third-order valence-electron chi connectivity index (χ3n) is 2.59. The van der Waals surface area contributed by atoms with Gasteiger partial charge in [0.1, 0.15) is 11.1 Å². The third kappa shape index (κ3) is 0.986. The lowest BCUT2D eigenvalue weighted by atomic mass is 10.2. The summed E-state index contributed by atoms with van der Waals surface area (Å²) in [4.78, 5) is 0. The number of fused-ring (bicyclic) bond motifs is 3. The van der Waals surface area contributed by atoms with Gasteiger partial charge in [-0.2, -0.15) is 5.10 Å². The number of para-hydroxylation sites is 1. The molecular weight excluding hydrogens is 190 g/mol. The first-order valence-electron chi connectivity index (χ1n) is 4.83. The summed E-state index contributed by atoms with van der Waals surface area (Å²) < 4.78 is 7.54. The predicted octanol–water partition coefficient (Wildman–Crippen LogP) is 2.36. The molecule has 0 saturated heterocycles. The Labute approximate surface area is 86.5 Å². The summed E-state index contributed by atoms with van der Waals surface area (Å²) in [6.07, 6.45) is 0. The van der Waals surface area contributed by atoms with Crippen LogP contribution in [0.2, 0.25) is 0 Å². The van der Waals surface area contributed by atoms with Gasteiger partial charge in [-0.25, -0.2) is 4.68 Å². The molecule has 0 spiro atoms. The van der Waals surface area contributed by atoms with E-state index >= 15 is 0 Å². The van der Waals surface area contributed by atoms with Crippen molar-refractivity contribution >= 4 is 27.9 Å². The summed E-state index contributed by atoms with van der Waals surface area (Å²) >= 11 is 0. The highest BCUT2D eigenvalue weighted by Gasteiger charge is 2.15. The van der Waals surface area contributed by atoms with Crippen molar-refractivity contribution in [3.05, 3.63) is 24.3 Å². The van der Waals surface area contributed by atoms with Crippen molar-refractivity contribution < 1.29 is 4.42 Å². The molecule has 15 heavy (non-hydrogen) atoms. The van der Waals surface area contributed by atoms with Gasteiger partial charge in [-0.15, -0.1) is 0 Å². The molecule has 0 aliphatic heterocycles. The number of aromatic nitrogens is 2. The normalized spacial score (nSPS) is 11.3. The van der Waals surface area contributed by atoms with Crippen LogP contribution in [0.15, 0.2) is 28.7 Å². The first-order valence-corrected chi connectivity index (χ1v) is 4.83. The maximum Gasteiger partial charge on any atom is 0.197 e. The van der Waals surface area contributed by atoms with Gasteiger partial charge in [-0.1, -0.05) is 12.1 Å². The highest BCUT2D eigenvalue weighted by atomic mass is 16.3. The number of hydrogen-bond acceptors (Lipinski definition) is 3. The van der Waals surface area contributed by atoms with Crippen LogP contribution in [0.4, 0.5) is 5.82 Å². The van der Waals surface area contributed by atoms with Gasteiger partial charge in [0.05, 0.1) is 0 Å². The summed E-state index contributed by atoms with van der Waals surface area (Å²) in [6.45, 7) is 0. The Kier molecular flexibility index (Phi) is 1.54. The van der Waals surface area contributed by atoms with Crippen molar-refractivity contribution in [1.29, 1.82) is 0 Å². The molecular formula is C11H11N3O. The molecule has 4 heteroatoms. The Balaban J connectivity index is 2.52. The molecule has 2 heterocycles. The molecule has 1 N–H and O–H groups in total. The fourth-order valence-electron chi connectivity index (χ4n) is 1.91. The Morgan fingerprint density at radius 2 is 2.13 bits per heavy atom. The van der Waals surface area contributed by atoms with E-state index in [9.17, 15) is 0 Å². The lowest BCUT2D eigenvalue weighted by Crippen LogP contribution is -1.98.